The number of amides is 1. The van der Waals surface area contributed by atoms with E-state index < -0.39 is 0 Å². The molecule has 1 aliphatic rings. The van der Waals surface area contributed by atoms with Crippen LogP contribution in [0.15, 0.2) is 30.3 Å². The second-order valence-electron chi connectivity index (χ2n) is 5.61. The smallest absolute Gasteiger partial charge is 0.255 e. The highest BCUT2D eigenvalue weighted by Crippen LogP contribution is 2.38. The van der Waals surface area contributed by atoms with Crippen molar-refractivity contribution in [1.29, 1.82) is 0 Å². The highest BCUT2D eigenvalue weighted by atomic mass is 35.5. The zero-order valence-corrected chi connectivity index (χ0v) is 13.9. The number of aryl methyl sites for hydroxylation is 2. The van der Waals surface area contributed by atoms with Crippen LogP contribution in [0.5, 0.6) is 11.5 Å². The number of hydrogen-bond donors (Lipinski definition) is 1. The van der Waals surface area contributed by atoms with E-state index in [0.717, 1.165) is 23.2 Å². The maximum atomic E-state index is 12.5. The minimum Gasteiger partial charge on any atom is -0.489 e. The SMILES string of the molecule is Cc1ccc(C)c(NC(=O)c2cc(Cl)c3c(c2)OCCCO3)c1. The number of anilines is 1. The summed E-state index contributed by atoms with van der Waals surface area (Å²) < 4.78 is 11.2. The third-order valence-electron chi connectivity index (χ3n) is 3.71. The van der Waals surface area contributed by atoms with Gasteiger partial charge >= 0.3 is 0 Å². The van der Waals surface area contributed by atoms with E-state index in [0.29, 0.717) is 35.3 Å². The number of ether oxygens (including phenoxy) is 2. The first kappa shape index (κ1) is 15.7. The largest absolute Gasteiger partial charge is 0.489 e. The number of fused-ring (bicyclic) bond motifs is 1. The van der Waals surface area contributed by atoms with Gasteiger partial charge in [-0.25, -0.2) is 0 Å². The molecule has 0 radical (unpaired) electrons. The lowest BCUT2D eigenvalue weighted by atomic mass is 10.1. The molecule has 0 saturated carbocycles. The maximum Gasteiger partial charge on any atom is 0.255 e. The van der Waals surface area contributed by atoms with E-state index in [2.05, 4.69) is 5.32 Å². The number of carbonyl (C=O) groups excluding carboxylic acids is 1. The molecule has 23 heavy (non-hydrogen) atoms. The van der Waals surface area contributed by atoms with Crippen molar-refractivity contribution in [3.8, 4) is 11.5 Å². The quantitative estimate of drug-likeness (QED) is 0.888. The summed E-state index contributed by atoms with van der Waals surface area (Å²) in [6.07, 6.45) is 0.787. The second-order valence-corrected chi connectivity index (χ2v) is 6.02. The molecule has 3 rings (SSSR count). The van der Waals surface area contributed by atoms with Gasteiger partial charge < -0.3 is 14.8 Å². The molecule has 0 aliphatic carbocycles. The van der Waals surface area contributed by atoms with Gasteiger partial charge in [0.25, 0.3) is 5.91 Å². The Morgan fingerprint density at radius 2 is 1.91 bits per heavy atom. The first-order chi connectivity index (χ1) is 11.0. The Labute approximate surface area is 140 Å². The van der Waals surface area contributed by atoms with Gasteiger partial charge in [-0.05, 0) is 43.2 Å². The summed E-state index contributed by atoms with van der Waals surface area (Å²) in [4.78, 5) is 12.5. The summed E-state index contributed by atoms with van der Waals surface area (Å²) in [5, 5.41) is 3.31. The molecular formula is C18H18ClNO3. The van der Waals surface area contributed by atoms with E-state index in [-0.39, 0.29) is 5.91 Å². The monoisotopic (exact) mass is 331 g/mol. The van der Waals surface area contributed by atoms with Gasteiger partial charge in [0.2, 0.25) is 0 Å². The van der Waals surface area contributed by atoms with Gasteiger partial charge in [-0.15, -0.1) is 0 Å². The minimum atomic E-state index is -0.226. The Morgan fingerprint density at radius 3 is 2.74 bits per heavy atom. The van der Waals surface area contributed by atoms with Crippen LogP contribution in [-0.4, -0.2) is 19.1 Å². The highest BCUT2D eigenvalue weighted by Gasteiger charge is 2.18. The zero-order valence-electron chi connectivity index (χ0n) is 13.1. The third kappa shape index (κ3) is 3.42. The van der Waals surface area contributed by atoms with E-state index in [1.165, 1.54) is 0 Å². The van der Waals surface area contributed by atoms with Gasteiger partial charge in [0, 0.05) is 17.7 Å². The van der Waals surface area contributed by atoms with E-state index >= 15 is 0 Å². The van der Waals surface area contributed by atoms with Crippen LogP contribution in [0.25, 0.3) is 0 Å². The number of carbonyl (C=O) groups is 1. The van der Waals surface area contributed by atoms with Crippen molar-refractivity contribution in [2.45, 2.75) is 20.3 Å². The molecule has 1 heterocycles. The van der Waals surface area contributed by atoms with Crippen LogP contribution in [0.3, 0.4) is 0 Å². The molecule has 1 amide bonds. The fourth-order valence-electron chi connectivity index (χ4n) is 2.43. The molecule has 1 N–H and O–H groups in total. The molecule has 0 fully saturated rings. The van der Waals surface area contributed by atoms with Gasteiger partial charge in [-0.3, -0.25) is 4.79 Å². The van der Waals surface area contributed by atoms with Crippen molar-refractivity contribution < 1.29 is 14.3 Å². The Hall–Kier alpha value is -2.20. The van der Waals surface area contributed by atoms with Crippen LogP contribution in [0, 0.1) is 13.8 Å². The fourth-order valence-corrected chi connectivity index (χ4v) is 2.69. The van der Waals surface area contributed by atoms with Crippen molar-refractivity contribution >= 4 is 23.2 Å². The average molecular weight is 332 g/mol. The average Bonchev–Trinajstić information content (AvgIpc) is 2.76. The summed E-state index contributed by atoms with van der Waals surface area (Å²) in [6, 6.07) is 9.21. The molecule has 2 aromatic carbocycles. The van der Waals surface area contributed by atoms with Crippen LogP contribution < -0.4 is 14.8 Å². The van der Waals surface area contributed by atoms with Crippen LogP contribution in [0.4, 0.5) is 5.69 Å². The standard InChI is InChI=1S/C18H18ClNO3/c1-11-4-5-12(2)15(8-11)20-18(21)13-9-14(19)17-16(10-13)22-6-3-7-23-17/h4-5,8-10H,3,6-7H2,1-2H3,(H,20,21). The highest BCUT2D eigenvalue weighted by molar-refractivity contribution is 6.32. The topological polar surface area (TPSA) is 47.6 Å². The molecule has 5 heteroatoms. The third-order valence-corrected chi connectivity index (χ3v) is 3.99. The second kappa shape index (κ2) is 6.50. The number of halogens is 1. The molecule has 0 aromatic heterocycles. The number of rotatable bonds is 2. The summed E-state index contributed by atoms with van der Waals surface area (Å²) >= 11 is 6.24. The molecule has 0 bridgehead atoms. The Bertz CT molecular complexity index is 758. The van der Waals surface area contributed by atoms with Crippen molar-refractivity contribution in [2.75, 3.05) is 18.5 Å². The van der Waals surface area contributed by atoms with E-state index in [1.807, 2.05) is 32.0 Å². The van der Waals surface area contributed by atoms with E-state index in [9.17, 15) is 4.79 Å². The first-order valence-electron chi connectivity index (χ1n) is 7.52. The number of benzene rings is 2. The van der Waals surface area contributed by atoms with Crippen LogP contribution in [-0.2, 0) is 0 Å². The lowest BCUT2D eigenvalue weighted by Gasteiger charge is -2.13. The molecule has 0 saturated heterocycles. The molecule has 0 atom stereocenters. The predicted molar refractivity (Wildman–Crippen MR) is 90.9 cm³/mol. The molecule has 0 unspecified atom stereocenters. The molecular weight excluding hydrogens is 314 g/mol. The summed E-state index contributed by atoms with van der Waals surface area (Å²) in [5.74, 6) is 0.796. The van der Waals surface area contributed by atoms with Crippen molar-refractivity contribution in [3.05, 3.63) is 52.0 Å². The Kier molecular flexibility index (Phi) is 4.44. The number of nitrogens with one attached hydrogen (secondary N) is 1. The Morgan fingerprint density at radius 1 is 1.13 bits per heavy atom. The first-order valence-corrected chi connectivity index (χ1v) is 7.90. The Balaban J connectivity index is 1.89. The molecule has 0 spiro atoms. The normalized spacial score (nSPS) is 13.3. The van der Waals surface area contributed by atoms with Crippen molar-refractivity contribution in [3.63, 3.8) is 0 Å². The maximum absolute atomic E-state index is 12.5. The molecule has 4 nitrogen and oxygen atoms in total. The summed E-state index contributed by atoms with van der Waals surface area (Å²) in [7, 11) is 0. The van der Waals surface area contributed by atoms with Crippen molar-refractivity contribution in [1.82, 2.24) is 0 Å². The fraction of sp³-hybridized carbons (Fsp3) is 0.278. The van der Waals surface area contributed by atoms with Crippen LogP contribution in [0.2, 0.25) is 5.02 Å². The summed E-state index contributed by atoms with van der Waals surface area (Å²) in [6.45, 7) is 5.04. The van der Waals surface area contributed by atoms with Gasteiger partial charge in [-0.1, -0.05) is 23.7 Å². The minimum absolute atomic E-state index is 0.226. The van der Waals surface area contributed by atoms with Crippen LogP contribution >= 0.6 is 11.6 Å². The van der Waals surface area contributed by atoms with Gasteiger partial charge in [0.1, 0.15) is 0 Å². The zero-order chi connectivity index (χ0) is 16.4. The molecule has 120 valence electrons. The summed E-state index contributed by atoms with van der Waals surface area (Å²) in [5.41, 5.74) is 3.32. The van der Waals surface area contributed by atoms with Crippen LogP contribution in [0.1, 0.15) is 27.9 Å². The predicted octanol–water partition coefficient (Wildman–Crippen LogP) is 4.37. The lowest BCUT2D eigenvalue weighted by Crippen LogP contribution is -2.13. The number of hydrogen-bond acceptors (Lipinski definition) is 3. The van der Waals surface area contributed by atoms with Crippen molar-refractivity contribution in [2.24, 2.45) is 0 Å². The molecule has 1 aliphatic heterocycles. The van der Waals surface area contributed by atoms with Gasteiger partial charge in [0.05, 0.1) is 18.2 Å². The lowest BCUT2D eigenvalue weighted by molar-refractivity contribution is 0.102. The van der Waals surface area contributed by atoms with E-state index in [4.69, 9.17) is 21.1 Å². The van der Waals surface area contributed by atoms with E-state index in [1.54, 1.807) is 12.1 Å². The molecule has 2 aromatic rings. The van der Waals surface area contributed by atoms with Gasteiger partial charge in [0.15, 0.2) is 11.5 Å². The van der Waals surface area contributed by atoms with Gasteiger partial charge in [-0.2, -0.15) is 0 Å².